The van der Waals surface area contributed by atoms with Crippen molar-refractivity contribution >= 4 is 5.91 Å². The van der Waals surface area contributed by atoms with Crippen LogP contribution in [0.1, 0.15) is 64.2 Å². The van der Waals surface area contributed by atoms with Gasteiger partial charge in [0.15, 0.2) is 0 Å². The van der Waals surface area contributed by atoms with Crippen molar-refractivity contribution in [1.29, 1.82) is 0 Å². The van der Waals surface area contributed by atoms with E-state index in [1.165, 1.54) is 32.1 Å². The number of hydrogen-bond donors (Lipinski definition) is 1. The summed E-state index contributed by atoms with van der Waals surface area (Å²) in [5.41, 5.74) is 0. The van der Waals surface area contributed by atoms with Gasteiger partial charge in [-0.05, 0) is 50.5 Å². The van der Waals surface area contributed by atoms with Crippen molar-refractivity contribution in [3.05, 3.63) is 18.5 Å². The second-order valence-electron chi connectivity index (χ2n) is 6.90. The van der Waals surface area contributed by atoms with Crippen molar-refractivity contribution in [3.63, 3.8) is 0 Å². The highest BCUT2D eigenvalue weighted by Crippen LogP contribution is 2.27. The van der Waals surface area contributed by atoms with Gasteiger partial charge in [0, 0.05) is 24.9 Å². The number of ether oxygens (including phenoxy) is 1. The van der Waals surface area contributed by atoms with Crippen molar-refractivity contribution in [1.82, 2.24) is 15.3 Å². The van der Waals surface area contributed by atoms with Gasteiger partial charge < -0.3 is 10.1 Å². The van der Waals surface area contributed by atoms with Gasteiger partial charge in [-0.3, -0.25) is 4.79 Å². The van der Waals surface area contributed by atoms with Gasteiger partial charge in [-0.2, -0.15) is 0 Å². The minimum Gasteiger partial charge on any atom is -0.460 e. The molecule has 5 nitrogen and oxygen atoms in total. The molecule has 5 heteroatoms. The molecule has 0 aromatic carbocycles. The monoisotopic (exact) mass is 317 g/mol. The van der Waals surface area contributed by atoms with Crippen LogP contribution in [0, 0.1) is 5.92 Å². The topological polar surface area (TPSA) is 64.1 Å². The molecule has 1 aromatic rings. The van der Waals surface area contributed by atoms with Gasteiger partial charge in [-0.25, -0.2) is 9.97 Å². The van der Waals surface area contributed by atoms with E-state index in [1.54, 1.807) is 18.5 Å². The predicted molar refractivity (Wildman–Crippen MR) is 88.0 cm³/mol. The molecular weight excluding hydrogens is 290 g/mol. The van der Waals surface area contributed by atoms with Crippen LogP contribution in [-0.2, 0) is 4.79 Å². The van der Waals surface area contributed by atoms with Crippen LogP contribution in [0.25, 0.3) is 0 Å². The van der Waals surface area contributed by atoms with Crippen LogP contribution in [0.4, 0.5) is 0 Å². The lowest BCUT2D eigenvalue weighted by molar-refractivity contribution is -0.123. The van der Waals surface area contributed by atoms with Crippen LogP contribution in [-0.4, -0.2) is 28.0 Å². The summed E-state index contributed by atoms with van der Waals surface area (Å²) in [6.07, 6.45) is 14.5. The van der Waals surface area contributed by atoms with E-state index in [-0.39, 0.29) is 12.0 Å². The normalized spacial score (nSPS) is 25.7. The maximum absolute atomic E-state index is 12.2. The van der Waals surface area contributed by atoms with Crippen LogP contribution in [0.5, 0.6) is 6.01 Å². The second kappa shape index (κ2) is 8.27. The summed E-state index contributed by atoms with van der Waals surface area (Å²) in [4.78, 5) is 20.4. The molecule has 2 aliphatic rings. The van der Waals surface area contributed by atoms with Crippen LogP contribution in [0.2, 0.25) is 0 Å². The predicted octanol–water partition coefficient (Wildman–Crippen LogP) is 3.25. The van der Waals surface area contributed by atoms with Gasteiger partial charge in [-0.1, -0.05) is 19.3 Å². The summed E-state index contributed by atoms with van der Waals surface area (Å²) in [7, 11) is 0. The fourth-order valence-electron chi connectivity index (χ4n) is 3.76. The smallest absolute Gasteiger partial charge is 0.316 e. The van der Waals surface area contributed by atoms with E-state index in [0.29, 0.717) is 24.4 Å². The minimum absolute atomic E-state index is 0.170. The van der Waals surface area contributed by atoms with E-state index < -0.39 is 0 Å². The number of aromatic nitrogens is 2. The molecule has 0 aliphatic heterocycles. The Morgan fingerprint density at radius 2 is 1.74 bits per heavy atom. The molecule has 1 amide bonds. The Labute approximate surface area is 138 Å². The number of carbonyl (C=O) groups excluding carboxylic acids is 1. The fourth-order valence-corrected chi connectivity index (χ4v) is 3.76. The molecular formula is C18H27N3O2. The lowest BCUT2D eigenvalue weighted by Crippen LogP contribution is -2.40. The average Bonchev–Trinajstić information content (AvgIpc) is 2.58. The third kappa shape index (κ3) is 5.19. The van der Waals surface area contributed by atoms with E-state index in [2.05, 4.69) is 15.3 Å². The molecule has 1 aromatic heterocycles. The van der Waals surface area contributed by atoms with Gasteiger partial charge >= 0.3 is 6.01 Å². The van der Waals surface area contributed by atoms with E-state index in [0.717, 1.165) is 25.7 Å². The molecule has 0 radical (unpaired) electrons. The van der Waals surface area contributed by atoms with Crippen LogP contribution < -0.4 is 10.1 Å². The first-order valence-corrected chi connectivity index (χ1v) is 9.02. The highest BCUT2D eigenvalue weighted by Gasteiger charge is 2.25. The van der Waals surface area contributed by atoms with Gasteiger partial charge in [0.2, 0.25) is 5.91 Å². The fraction of sp³-hybridized carbons (Fsp3) is 0.722. The molecule has 126 valence electrons. The number of nitrogens with one attached hydrogen (secondary N) is 1. The second-order valence-corrected chi connectivity index (χ2v) is 6.90. The zero-order valence-electron chi connectivity index (χ0n) is 13.7. The number of rotatable bonds is 5. The summed E-state index contributed by atoms with van der Waals surface area (Å²) in [6, 6.07) is 2.55. The Bertz CT molecular complexity index is 480. The lowest BCUT2D eigenvalue weighted by atomic mass is 9.86. The standard InChI is InChI=1S/C18H27N3O2/c22-17(13-14-5-2-1-3-6-14)21-15-7-9-16(10-8-15)23-18-19-11-4-12-20-18/h4,11-12,14-16H,1-3,5-10,13H2,(H,21,22). The maximum atomic E-state index is 12.2. The van der Waals surface area contributed by atoms with E-state index >= 15 is 0 Å². The molecule has 0 unspecified atom stereocenters. The summed E-state index contributed by atoms with van der Waals surface area (Å²) in [6.45, 7) is 0. The third-order valence-electron chi connectivity index (χ3n) is 5.05. The first kappa shape index (κ1) is 16.2. The minimum atomic E-state index is 0.170. The molecule has 2 aliphatic carbocycles. The van der Waals surface area contributed by atoms with Crippen molar-refractivity contribution in [2.45, 2.75) is 76.4 Å². The molecule has 1 heterocycles. The van der Waals surface area contributed by atoms with Crippen molar-refractivity contribution in [2.75, 3.05) is 0 Å². The van der Waals surface area contributed by atoms with Crippen LogP contribution in [0.15, 0.2) is 18.5 Å². The molecule has 1 N–H and O–H groups in total. The average molecular weight is 317 g/mol. The Morgan fingerprint density at radius 3 is 2.43 bits per heavy atom. The Hall–Kier alpha value is -1.65. The number of nitrogens with zero attached hydrogens (tertiary/aromatic N) is 2. The highest BCUT2D eigenvalue weighted by atomic mass is 16.5. The molecule has 0 saturated heterocycles. The molecule has 2 fully saturated rings. The molecule has 23 heavy (non-hydrogen) atoms. The number of amides is 1. The Morgan fingerprint density at radius 1 is 1.04 bits per heavy atom. The Kier molecular flexibility index (Phi) is 5.83. The largest absolute Gasteiger partial charge is 0.460 e. The third-order valence-corrected chi connectivity index (χ3v) is 5.05. The summed E-state index contributed by atoms with van der Waals surface area (Å²) in [5, 5.41) is 3.22. The van der Waals surface area contributed by atoms with Crippen molar-refractivity contribution in [2.24, 2.45) is 5.92 Å². The molecule has 0 spiro atoms. The summed E-state index contributed by atoms with van der Waals surface area (Å²) < 4.78 is 5.80. The van der Waals surface area contributed by atoms with Crippen molar-refractivity contribution < 1.29 is 9.53 Å². The first-order chi connectivity index (χ1) is 11.3. The quantitative estimate of drug-likeness (QED) is 0.905. The molecule has 0 bridgehead atoms. The maximum Gasteiger partial charge on any atom is 0.316 e. The summed E-state index contributed by atoms with van der Waals surface area (Å²) in [5.74, 6) is 0.853. The first-order valence-electron chi connectivity index (χ1n) is 9.02. The lowest BCUT2D eigenvalue weighted by Gasteiger charge is -2.29. The van der Waals surface area contributed by atoms with E-state index in [9.17, 15) is 4.79 Å². The SMILES string of the molecule is O=C(CC1CCCCC1)NC1CCC(Oc2ncccn2)CC1. The van der Waals surface area contributed by atoms with Gasteiger partial charge in [0.25, 0.3) is 0 Å². The molecule has 0 atom stereocenters. The zero-order valence-corrected chi connectivity index (χ0v) is 13.7. The van der Waals surface area contributed by atoms with Crippen LogP contribution in [0.3, 0.4) is 0 Å². The molecule has 2 saturated carbocycles. The highest BCUT2D eigenvalue weighted by molar-refractivity contribution is 5.76. The van der Waals surface area contributed by atoms with Crippen molar-refractivity contribution in [3.8, 4) is 6.01 Å². The summed E-state index contributed by atoms with van der Waals surface area (Å²) >= 11 is 0. The van der Waals surface area contributed by atoms with Crippen LogP contribution >= 0.6 is 0 Å². The number of hydrogen-bond acceptors (Lipinski definition) is 4. The molecule has 3 rings (SSSR count). The van der Waals surface area contributed by atoms with Gasteiger partial charge in [0.1, 0.15) is 6.10 Å². The van der Waals surface area contributed by atoms with Gasteiger partial charge in [-0.15, -0.1) is 0 Å². The van der Waals surface area contributed by atoms with Gasteiger partial charge in [0.05, 0.1) is 0 Å². The van der Waals surface area contributed by atoms with E-state index in [4.69, 9.17) is 4.74 Å². The van der Waals surface area contributed by atoms with E-state index in [1.807, 2.05) is 0 Å². The Balaban J connectivity index is 1.36. The number of carbonyl (C=O) groups is 1. The zero-order chi connectivity index (χ0) is 15.9.